The number of carbonyl (C=O) groups is 2. The molecular weight excluding hydrogens is 230 g/mol. The van der Waals surface area contributed by atoms with Crippen molar-refractivity contribution in [1.82, 2.24) is 4.90 Å². The van der Waals surface area contributed by atoms with E-state index in [0.717, 1.165) is 0 Å². The van der Waals surface area contributed by atoms with Crippen LogP contribution in [0.25, 0.3) is 0 Å². The van der Waals surface area contributed by atoms with Crippen molar-refractivity contribution in [2.45, 2.75) is 6.23 Å². The summed E-state index contributed by atoms with van der Waals surface area (Å²) < 4.78 is 5.10. The van der Waals surface area contributed by atoms with Crippen molar-refractivity contribution >= 4 is 11.8 Å². The lowest BCUT2D eigenvalue weighted by Gasteiger charge is -2.38. The summed E-state index contributed by atoms with van der Waals surface area (Å²) in [5, 5.41) is 0. The largest absolute Gasteiger partial charge is 0.351 e. The van der Waals surface area contributed by atoms with Gasteiger partial charge in [0.1, 0.15) is 0 Å². The SMILES string of the molecule is O=C1C2=CC=CC3C=CC=C(C(=O)N1C1CO1)C23. The molecule has 0 aromatic heterocycles. The first-order valence-electron chi connectivity index (χ1n) is 6.03. The van der Waals surface area contributed by atoms with Crippen LogP contribution in [0.15, 0.2) is 47.6 Å². The van der Waals surface area contributed by atoms with Gasteiger partial charge >= 0.3 is 0 Å². The zero-order valence-electron chi connectivity index (χ0n) is 9.58. The standard InChI is InChI=1S/C14H11NO3/c16-13-9-5-1-3-8-4-2-6-10(12(8)9)14(17)15(13)11-7-18-11/h1-6,8,11-12H,7H2. The second kappa shape index (κ2) is 3.29. The van der Waals surface area contributed by atoms with Gasteiger partial charge in [-0.05, 0) is 0 Å². The summed E-state index contributed by atoms with van der Waals surface area (Å²) in [5.74, 6) is -0.376. The zero-order chi connectivity index (χ0) is 12.3. The normalized spacial score (nSPS) is 36.2. The molecule has 0 saturated carbocycles. The van der Waals surface area contributed by atoms with Crippen molar-refractivity contribution in [2.75, 3.05) is 6.61 Å². The number of piperidine rings is 1. The van der Waals surface area contributed by atoms with E-state index in [2.05, 4.69) is 0 Å². The number of rotatable bonds is 1. The number of hydrogen-bond donors (Lipinski definition) is 0. The van der Waals surface area contributed by atoms with Gasteiger partial charge in [-0.3, -0.25) is 9.59 Å². The monoisotopic (exact) mass is 241 g/mol. The third-order valence-corrected chi connectivity index (χ3v) is 3.81. The van der Waals surface area contributed by atoms with Crippen LogP contribution in [-0.4, -0.2) is 29.5 Å². The van der Waals surface area contributed by atoms with Crippen LogP contribution in [-0.2, 0) is 14.3 Å². The lowest BCUT2D eigenvalue weighted by molar-refractivity contribution is -0.145. The van der Waals surface area contributed by atoms with Crippen LogP contribution in [0.4, 0.5) is 0 Å². The second-order valence-corrected chi connectivity index (χ2v) is 4.84. The second-order valence-electron chi connectivity index (χ2n) is 4.84. The average molecular weight is 241 g/mol. The molecule has 2 saturated heterocycles. The summed E-state index contributed by atoms with van der Waals surface area (Å²) in [6.45, 7) is 0.456. The van der Waals surface area contributed by atoms with E-state index in [1.807, 2.05) is 36.5 Å². The Bertz CT molecular complexity index is 534. The van der Waals surface area contributed by atoms with E-state index >= 15 is 0 Å². The first-order chi connectivity index (χ1) is 8.77. The number of ether oxygens (including phenoxy) is 1. The van der Waals surface area contributed by atoms with E-state index < -0.39 is 0 Å². The Labute approximate surface area is 104 Å². The lowest BCUT2D eigenvalue weighted by atomic mass is 9.72. The summed E-state index contributed by atoms with van der Waals surface area (Å²) in [6.07, 6.45) is 11.1. The first kappa shape index (κ1) is 10.0. The van der Waals surface area contributed by atoms with E-state index in [0.29, 0.717) is 17.8 Å². The molecular formula is C14H11NO3. The van der Waals surface area contributed by atoms with Gasteiger partial charge in [-0.1, -0.05) is 36.5 Å². The third-order valence-electron chi connectivity index (χ3n) is 3.81. The Morgan fingerprint density at radius 3 is 2.11 bits per heavy atom. The van der Waals surface area contributed by atoms with Gasteiger partial charge in [0.15, 0.2) is 6.23 Å². The van der Waals surface area contributed by atoms with E-state index in [1.165, 1.54) is 4.90 Å². The molecule has 2 heterocycles. The van der Waals surface area contributed by atoms with Gasteiger partial charge in [-0.25, -0.2) is 4.90 Å². The maximum atomic E-state index is 12.4. The molecule has 0 aromatic carbocycles. The summed E-state index contributed by atoms with van der Waals surface area (Å²) in [4.78, 5) is 26.0. The molecule has 4 aliphatic rings. The number of amides is 2. The predicted octanol–water partition coefficient (Wildman–Crippen LogP) is 0.936. The molecule has 0 N–H and O–H groups in total. The van der Waals surface area contributed by atoms with Crippen LogP contribution in [0.2, 0.25) is 0 Å². The molecule has 90 valence electrons. The van der Waals surface area contributed by atoms with Gasteiger partial charge < -0.3 is 4.74 Å². The van der Waals surface area contributed by atoms with Crippen LogP contribution in [0.3, 0.4) is 0 Å². The Hall–Kier alpha value is -1.94. The summed E-state index contributed by atoms with van der Waals surface area (Å²) in [7, 11) is 0. The van der Waals surface area contributed by atoms with Gasteiger partial charge in [0, 0.05) is 23.0 Å². The molecule has 18 heavy (non-hydrogen) atoms. The maximum absolute atomic E-state index is 12.4. The number of epoxide rings is 1. The quantitative estimate of drug-likeness (QED) is 0.507. The smallest absolute Gasteiger partial charge is 0.259 e. The van der Waals surface area contributed by atoms with Crippen LogP contribution in [0.1, 0.15) is 0 Å². The van der Waals surface area contributed by atoms with Crippen molar-refractivity contribution in [3.63, 3.8) is 0 Å². The molecule has 0 aromatic rings. The highest BCUT2D eigenvalue weighted by atomic mass is 16.6. The molecule has 2 amide bonds. The van der Waals surface area contributed by atoms with E-state index in [-0.39, 0.29) is 29.9 Å². The van der Waals surface area contributed by atoms with Crippen molar-refractivity contribution < 1.29 is 14.3 Å². The van der Waals surface area contributed by atoms with Crippen molar-refractivity contribution in [1.29, 1.82) is 0 Å². The Morgan fingerprint density at radius 1 is 1.06 bits per heavy atom. The van der Waals surface area contributed by atoms with E-state index in [1.54, 1.807) is 0 Å². The fourth-order valence-electron chi connectivity index (χ4n) is 2.88. The van der Waals surface area contributed by atoms with Crippen molar-refractivity contribution in [2.24, 2.45) is 11.8 Å². The Morgan fingerprint density at radius 2 is 1.61 bits per heavy atom. The third kappa shape index (κ3) is 1.18. The molecule has 2 aliphatic heterocycles. The van der Waals surface area contributed by atoms with Crippen LogP contribution in [0, 0.1) is 11.8 Å². The minimum absolute atomic E-state index is 0.102. The fraction of sp³-hybridized carbons (Fsp3) is 0.286. The minimum Gasteiger partial charge on any atom is -0.351 e. The molecule has 4 rings (SSSR count). The summed E-state index contributed by atoms with van der Waals surface area (Å²) in [5.41, 5.74) is 1.40. The maximum Gasteiger partial charge on any atom is 0.259 e. The van der Waals surface area contributed by atoms with Gasteiger partial charge in [0.2, 0.25) is 0 Å². The van der Waals surface area contributed by atoms with Gasteiger partial charge in [-0.2, -0.15) is 0 Å². The molecule has 4 heteroatoms. The fourth-order valence-corrected chi connectivity index (χ4v) is 2.88. The molecule has 1 atom stereocenters. The molecule has 1 unspecified atom stereocenters. The number of imide groups is 1. The topological polar surface area (TPSA) is 49.9 Å². The van der Waals surface area contributed by atoms with Gasteiger partial charge in [-0.15, -0.1) is 0 Å². The Balaban J connectivity index is 1.87. The van der Waals surface area contributed by atoms with E-state index in [4.69, 9.17) is 4.74 Å². The summed E-state index contributed by atoms with van der Waals surface area (Å²) in [6, 6.07) is 0. The minimum atomic E-state index is -0.358. The number of nitrogens with zero attached hydrogens (tertiary/aromatic N) is 1. The number of hydrogen-bond acceptors (Lipinski definition) is 3. The van der Waals surface area contributed by atoms with Crippen molar-refractivity contribution in [3.05, 3.63) is 47.6 Å². The van der Waals surface area contributed by atoms with Crippen molar-refractivity contribution in [3.8, 4) is 0 Å². The molecule has 0 bridgehead atoms. The van der Waals surface area contributed by atoms with Crippen LogP contribution in [0.5, 0.6) is 0 Å². The lowest BCUT2D eigenvalue weighted by Crippen LogP contribution is -2.50. The predicted molar refractivity (Wildman–Crippen MR) is 63.0 cm³/mol. The zero-order valence-corrected chi connectivity index (χ0v) is 9.58. The first-order valence-corrected chi connectivity index (χ1v) is 6.03. The van der Waals surface area contributed by atoms with E-state index in [9.17, 15) is 9.59 Å². The van der Waals surface area contributed by atoms with Crippen LogP contribution >= 0.6 is 0 Å². The average Bonchev–Trinajstić information content (AvgIpc) is 3.20. The Kier molecular flexibility index (Phi) is 1.84. The number of allylic oxidation sites excluding steroid dienone is 6. The molecule has 0 radical (unpaired) electrons. The number of carbonyl (C=O) groups excluding carboxylic acids is 2. The van der Waals surface area contributed by atoms with Crippen LogP contribution < -0.4 is 0 Å². The molecule has 2 fully saturated rings. The van der Waals surface area contributed by atoms with Gasteiger partial charge in [0.25, 0.3) is 11.8 Å². The van der Waals surface area contributed by atoms with Gasteiger partial charge in [0.05, 0.1) is 6.61 Å². The number of likely N-dealkylation sites (tertiary alicyclic amines) is 1. The summed E-state index contributed by atoms with van der Waals surface area (Å²) >= 11 is 0. The highest BCUT2D eigenvalue weighted by Gasteiger charge is 2.49. The molecule has 2 aliphatic carbocycles. The highest BCUT2D eigenvalue weighted by Crippen LogP contribution is 2.42. The molecule has 4 nitrogen and oxygen atoms in total. The highest BCUT2D eigenvalue weighted by molar-refractivity contribution is 6.16. The molecule has 0 spiro atoms.